The Hall–Kier alpha value is -3.80. The van der Waals surface area contributed by atoms with Gasteiger partial charge in [-0.3, -0.25) is 4.79 Å². The van der Waals surface area contributed by atoms with Crippen LogP contribution in [0.25, 0.3) is 0 Å². The van der Waals surface area contributed by atoms with Crippen LogP contribution >= 0.6 is 0 Å². The van der Waals surface area contributed by atoms with Crippen molar-refractivity contribution in [3.8, 4) is 0 Å². The van der Waals surface area contributed by atoms with E-state index in [-0.39, 0.29) is 11.9 Å². The molecule has 0 spiro atoms. The Bertz CT molecular complexity index is 1080. The molecular weight excluding hydrogens is 388 g/mol. The minimum atomic E-state index is -0.361. The first-order valence-electron chi connectivity index (χ1n) is 10.1. The number of rotatable bonds is 6. The molecule has 0 saturated carbocycles. The largest absolute Gasteiger partial charge is 0.377 e. The first-order valence-corrected chi connectivity index (χ1v) is 10.1. The molecule has 3 aromatic rings. The van der Waals surface area contributed by atoms with Gasteiger partial charge in [-0.25, -0.2) is 4.79 Å². The number of aryl methyl sites for hydroxylation is 2. The molecule has 0 aliphatic carbocycles. The molecule has 0 saturated heterocycles. The van der Waals surface area contributed by atoms with Crippen LogP contribution in [0, 0.1) is 13.8 Å². The van der Waals surface area contributed by atoms with Crippen molar-refractivity contribution in [1.82, 2.24) is 5.32 Å². The molecule has 0 aliphatic heterocycles. The summed E-state index contributed by atoms with van der Waals surface area (Å²) in [6.45, 7) is 4.38. The van der Waals surface area contributed by atoms with Crippen molar-refractivity contribution in [3.05, 3.63) is 89.0 Å². The molecule has 3 N–H and O–H groups in total. The predicted molar refractivity (Wildman–Crippen MR) is 127 cm³/mol. The van der Waals surface area contributed by atoms with Crippen molar-refractivity contribution in [3.63, 3.8) is 0 Å². The van der Waals surface area contributed by atoms with E-state index in [1.807, 2.05) is 87.4 Å². The molecule has 3 amide bonds. The van der Waals surface area contributed by atoms with Crippen molar-refractivity contribution < 1.29 is 9.59 Å². The summed E-state index contributed by atoms with van der Waals surface area (Å²) in [6.07, 6.45) is 0. The average Bonchev–Trinajstić information content (AvgIpc) is 2.74. The molecule has 6 nitrogen and oxygen atoms in total. The quantitative estimate of drug-likeness (QED) is 0.533. The molecule has 0 heterocycles. The van der Waals surface area contributed by atoms with Gasteiger partial charge in [-0.1, -0.05) is 48.0 Å². The first-order chi connectivity index (χ1) is 14.8. The number of carbonyl (C=O) groups excluding carboxylic acids is 2. The van der Waals surface area contributed by atoms with Crippen LogP contribution in [-0.2, 0) is 6.54 Å². The van der Waals surface area contributed by atoms with Gasteiger partial charge < -0.3 is 20.9 Å². The molecule has 160 valence electrons. The lowest BCUT2D eigenvalue weighted by Gasteiger charge is -2.19. The maximum atomic E-state index is 12.9. The fourth-order valence-electron chi connectivity index (χ4n) is 3.30. The maximum Gasteiger partial charge on any atom is 0.323 e. The monoisotopic (exact) mass is 416 g/mol. The Morgan fingerprint density at radius 1 is 0.871 bits per heavy atom. The van der Waals surface area contributed by atoms with Gasteiger partial charge in [0.2, 0.25) is 0 Å². The Morgan fingerprint density at radius 3 is 2.29 bits per heavy atom. The van der Waals surface area contributed by atoms with Gasteiger partial charge in [-0.2, -0.15) is 0 Å². The lowest BCUT2D eigenvalue weighted by atomic mass is 10.1. The molecule has 31 heavy (non-hydrogen) atoms. The summed E-state index contributed by atoms with van der Waals surface area (Å²) in [5.41, 5.74) is 5.68. The van der Waals surface area contributed by atoms with Crippen LogP contribution in [0.1, 0.15) is 27.0 Å². The second kappa shape index (κ2) is 9.80. The summed E-state index contributed by atoms with van der Waals surface area (Å²) in [4.78, 5) is 27.3. The average molecular weight is 417 g/mol. The highest BCUT2D eigenvalue weighted by Gasteiger charge is 2.15. The maximum absolute atomic E-state index is 12.9. The van der Waals surface area contributed by atoms with Crippen molar-refractivity contribution in [2.45, 2.75) is 20.4 Å². The number of hydrogen-bond acceptors (Lipinski definition) is 3. The lowest BCUT2D eigenvalue weighted by molar-refractivity contribution is 0.0951. The SMILES string of the molecule is Cc1ccc(NC(=O)Nc2ccc(N(C)C)c(C(=O)NCc3ccccc3)c2)c(C)c1. The Morgan fingerprint density at radius 2 is 1.61 bits per heavy atom. The zero-order valence-corrected chi connectivity index (χ0v) is 18.3. The second-order valence-corrected chi connectivity index (χ2v) is 7.69. The number of benzene rings is 3. The van der Waals surface area contributed by atoms with Gasteiger partial charge in [0.05, 0.1) is 5.56 Å². The van der Waals surface area contributed by atoms with Gasteiger partial charge in [0.15, 0.2) is 0 Å². The summed E-state index contributed by atoms with van der Waals surface area (Å²) >= 11 is 0. The number of urea groups is 1. The number of nitrogens with one attached hydrogen (secondary N) is 3. The van der Waals surface area contributed by atoms with Crippen LogP contribution in [0.4, 0.5) is 21.9 Å². The van der Waals surface area contributed by atoms with Crippen LogP contribution in [0.5, 0.6) is 0 Å². The third kappa shape index (κ3) is 5.85. The third-order valence-corrected chi connectivity index (χ3v) is 4.91. The van der Waals surface area contributed by atoms with E-state index in [4.69, 9.17) is 0 Å². The molecule has 0 fully saturated rings. The van der Waals surface area contributed by atoms with E-state index >= 15 is 0 Å². The van der Waals surface area contributed by atoms with Gasteiger partial charge in [0, 0.05) is 37.7 Å². The zero-order chi connectivity index (χ0) is 22.4. The first kappa shape index (κ1) is 21.9. The molecule has 6 heteroatoms. The highest BCUT2D eigenvalue weighted by atomic mass is 16.2. The Labute approximate surface area is 183 Å². The van der Waals surface area contributed by atoms with E-state index in [0.29, 0.717) is 17.8 Å². The van der Waals surface area contributed by atoms with E-state index in [9.17, 15) is 9.59 Å². The van der Waals surface area contributed by atoms with Gasteiger partial charge in [0.25, 0.3) is 5.91 Å². The van der Waals surface area contributed by atoms with Gasteiger partial charge in [0.1, 0.15) is 0 Å². The lowest BCUT2D eigenvalue weighted by Crippen LogP contribution is -2.26. The standard InChI is InChI=1S/C25H28N4O2/c1-17-10-12-22(18(2)14-17)28-25(31)27-20-11-13-23(29(3)4)21(15-20)24(30)26-16-19-8-6-5-7-9-19/h5-15H,16H2,1-4H3,(H,26,30)(H2,27,28,31). The number of nitrogens with zero attached hydrogens (tertiary/aromatic N) is 1. The molecule has 0 unspecified atom stereocenters. The highest BCUT2D eigenvalue weighted by Crippen LogP contribution is 2.24. The third-order valence-electron chi connectivity index (χ3n) is 4.91. The number of carbonyl (C=O) groups is 2. The van der Waals surface area contributed by atoms with Gasteiger partial charge in [-0.05, 0) is 49.2 Å². The highest BCUT2D eigenvalue weighted by molar-refractivity contribution is 6.04. The van der Waals surface area contributed by atoms with Crippen LogP contribution in [0.2, 0.25) is 0 Å². The summed E-state index contributed by atoms with van der Waals surface area (Å²) in [5.74, 6) is -0.203. The minimum Gasteiger partial charge on any atom is -0.377 e. The van der Waals surface area contributed by atoms with Gasteiger partial charge in [-0.15, -0.1) is 0 Å². The molecule has 3 aromatic carbocycles. The molecule has 0 radical (unpaired) electrons. The smallest absolute Gasteiger partial charge is 0.323 e. The molecule has 0 bridgehead atoms. The van der Waals surface area contributed by atoms with Crippen LogP contribution in [-0.4, -0.2) is 26.0 Å². The van der Waals surface area contributed by atoms with Crippen molar-refractivity contribution in [2.75, 3.05) is 29.6 Å². The summed E-state index contributed by atoms with van der Waals surface area (Å²) in [6, 6.07) is 20.5. The van der Waals surface area contributed by atoms with E-state index < -0.39 is 0 Å². The summed E-state index contributed by atoms with van der Waals surface area (Å²) < 4.78 is 0. The van der Waals surface area contributed by atoms with E-state index in [1.165, 1.54) is 0 Å². The van der Waals surface area contributed by atoms with Crippen molar-refractivity contribution in [1.29, 1.82) is 0 Å². The van der Waals surface area contributed by atoms with E-state index in [1.54, 1.807) is 12.1 Å². The molecule has 0 aliphatic rings. The summed E-state index contributed by atoms with van der Waals surface area (Å²) in [5, 5.41) is 8.63. The molecule has 0 atom stereocenters. The van der Waals surface area contributed by atoms with Crippen LogP contribution in [0.15, 0.2) is 66.7 Å². The predicted octanol–water partition coefficient (Wildman–Crippen LogP) is 4.94. The fourth-order valence-corrected chi connectivity index (χ4v) is 3.30. The molecule has 3 rings (SSSR count). The zero-order valence-electron chi connectivity index (χ0n) is 18.3. The van der Waals surface area contributed by atoms with Crippen molar-refractivity contribution in [2.24, 2.45) is 0 Å². The number of anilines is 3. The molecular formula is C25H28N4O2. The summed E-state index contributed by atoms with van der Waals surface area (Å²) in [7, 11) is 3.76. The van der Waals surface area contributed by atoms with E-state index in [2.05, 4.69) is 16.0 Å². The normalized spacial score (nSPS) is 10.3. The molecule has 0 aromatic heterocycles. The topological polar surface area (TPSA) is 73.5 Å². The Kier molecular flexibility index (Phi) is 6.92. The second-order valence-electron chi connectivity index (χ2n) is 7.69. The fraction of sp³-hybridized carbons (Fsp3) is 0.200. The van der Waals surface area contributed by atoms with Crippen LogP contribution < -0.4 is 20.9 Å². The van der Waals surface area contributed by atoms with Gasteiger partial charge >= 0.3 is 6.03 Å². The van der Waals surface area contributed by atoms with Crippen molar-refractivity contribution >= 4 is 29.0 Å². The number of hydrogen-bond donors (Lipinski definition) is 3. The Balaban J connectivity index is 1.74. The number of amides is 3. The minimum absolute atomic E-state index is 0.203. The van der Waals surface area contributed by atoms with E-state index in [0.717, 1.165) is 28.1 Å². The van der Waals surface area contributed by atoms with Crippen LogP contribution in [0.3, 0.4) is 0 Å².